The van der Waals surface area contributed by atoms with Crippen molar-refractivity contribution in [1.29, 1.82) is 0 Å². The van der Waals surface area contributed by atoms with Gasteiger partial charge in [0, 0.05) is 5.56 Å². The maximum absolute atomic E-state index is 10.1. The zero-order chi connectivity index (χ0) is 11.7. The predicted octanol–water partition coefficient (Wildman–Crippen LogP) is 4.08. The maximum Gasteiger partial charge on any atom is 0.126 e. The SMILES string of the molecule is C=Cc1c(O)c(C)c(C)c(C)c1C(C)C. The zero-order valence-electron chi connectivity index (χ0n) is 10.3. The first-order valence-corrected chi connectivity index (χ1v) is 5.36. The van der Waals surface area contributed by atoms with E-state index in [9.17, 15) is 5.11 Å². The predicted molar refractivity (Wildman–Crippen MR) is 66.5 cm³/mol. The van der Waals surface area contributed by atoms with Gasteiger partial charge in [0.05, 0.1) is 0 Å². The molecule has 1 heteroatoms. The van der Waals surface area contributed by atoms with Crippen LogP contribution in [0, 0.1) is 20.8 Å². The third-order valence-electron chi connectivity index (χ3n) is 3.21. The van der Waals surface area contributed by atoms with E-state index in [0.717, 1.165) is 11.1 Å². The molecule has 1 nitrogen and oxygen atoms in total. The van der Waals surface area contributed by atoms with Gasteiger partial charge in [-0.1, -0.05) is 26.5 Å². The van der Waals surface area contributed by atoms with Crippen LogP contribution in [-0.2, 0) is 0 Å². The molecule has 0 spiro atoms. The molecule has 0 atom stereocenters. The Bertz CT molecular complexity index is 401. The molecule has 0 fully saturated rings. The third kappa shape index (κ3) is 1.79. The monoisotopic (exact) mass is 204 g/mol. The van der Waals surface area contributed by atoms with Gasteiger partial charge in [0.25, 0.3) is 0 Å². The lowest BCUT2D eigenvalue weighted by molar-refractivity contribution is 0.467. The number of hydrogen-bond acceptors (Lipinski definition) is 1. The van der Waals surface area contributed by atoms with Gasteiger partial charge >= 0.3 is 0 Å². The molecule has 1 rings (SSSR count). The van der Waals surface area contributed by atoms with Crippen LogP contribution in [0.4, 0.5) is 0 Å². The molecule has 0 saturated heterocycles. The average Bonchev–Trinajstić information content (AvgIpc) is 2.19. The first-order valence-electron chi connectivity index (χ1n) is 5.36. The first kappa shape index (κ1) is 11.8. The van der Waals surface area contributed by atoms with Crippen molar-refractivity contribution in [3.05, 3.63) is 34.4 Å². The van der Waals surface area contributed by atoms with Crippen LogP contribution in [-0.4, -0.2) is 5.11 Å². The van der Waals surface area contributed by atoms with Gasteiger partial charge in [-0.15, -0.1) is 0 Å². The van der Waals surface area contributed by atoms with E-state index in [4.69, 9.17) is 0 Å². The van der Waals surface area contributed by atoms with Crippen LogP contribution >= 0.6 is 0 Å². The van der Waals surface area contributed by atoms with Crippen LogP contribution in [0.15, 0.2) is 6.58 Å². The Labute approximate surface area is 92.5 Å². The van der Waals surface area contributed by atoms with E-state index in [1.54, 1.807) is 6.08 Å². The Morgan fingerprint density at radius 2 is 1.60 bits per heavy atom. The van der Waals surface area contributed by atoms with Crippen LogP contribution in [0.3, 0.4) is 0 Å². The summed E-state index contributed by atoms with van der Waals surface area (Å²) >= 11 is 0. The molecule has 0 aromatic heterocycles. The van der Waals surface area contributed by atoms with Gasteiger partial charge in [-0.05, 0) is 48.9 Å². The lowest BCUT2D eigenvalue weighted by Crippen LogP contribution is -2.01. The van der Waals surface area contributed by atoms with Crippen LogP contribution in [0.2, 0.25) is 0 Å². The van der Waals surface area contributed by atoms with Crippen LogP contribution in [0.25, 0.3) is 6.08 Å². The summed E-state index contributed by atoms with van der Waals surface area (Å²) in [5, 5.41) is 10.1. The number of phenols is 1. The Kier molecular flexibility index (Phi) is 3.23. The van der Waals surface area contributed by atoms with Crippen molar-refractivity contribution in [3.8, 4) is 5.75 Å². The molecular formula is C14H20O. The number of rotatable bonds is 2. The molecule has 1 aromatic carbocycles. The second kappa shape index (κ2) is 4.09. The summed E-state index contributed by atoms with van der Waals surface area (Å²) in [5.74, 6) is 0.792. The van der Waals surface area contributed by atoms with E-state index in [1.807, 2.05) is 6.92 Å². The minimum atomic E-state index is 0.386. The van der Waals surface area contributed by atoms with Crippen molar-refractivity contribution in [2.24, 2.45) is 0 Å². The number of benzene rings is 1. The highest BCUT2D eigenvalue weighted by atomic mass is 16.3. The van der Waals surface area contributed by atoms with Crippen molar-refractivity contribution in [2.45, 2.75) is 40.5 Å². The Hall–Kier alpha value is -1.24. The van der Waals surface area contributed by atoms with Crippen molar-refractivity contribution in [1.82, 2.24) is 0 Å². The highest BCUT2D eigenvalue weighted by molar-refractivity contribution is 5.66. The van der Waals surface area contributed by atoms with E-state index in [0.29, 0.717) is 11.7 Å². The van der Waals surface area contributed by atoms with Gasteiger partial charge in [0.1, 0.15) is 5.75 Å². The average molecular weight is 204 g/mol. The van der Waals surface area contributed by atoms with Crippen molar-refractivity contribution in [3.63, 3.8) is 0 Å². The van der Waals surface area contributed by atoms with Crippen molar-refractivity contribution < 1.29 is 5.11 Å². The minimum absolute atomic E-state index is 0.386. The quantitative estimate of drug-likeness (QED) is 0.769. The smallest absolute Gasteiger partial charge is 0.126 e. The summed E-state index contributed by atoms with van der Waals surface area (Å²) in [6.45, 7) is 14.2. The standard InChI is InChI=1S/C14H20O/c1-7-12-13(8(2)3)10(5)9(4)11(6)14(12)15/h7-8,15H,1H2,2-6H3. The largest absolute Gasteiger partial charge is 0.507 e. The molecule has 0 bridgehead atoms. The Morgan fingerprint density at radius 3 is 2.00 bits per heavy atom. The molecule has 15 heavy (non-hydrogen) atoms. The Balaban J connectivity index is 3.70. The summed E-state index contributed by atoms with van der Waals surface area (Å²) in [7, 11) is 0. The normalized spacial score (nSPS) is 10.8. The zero-order valence-corrected chi connectivity index (χ0v) is 10.3. The Morgan fingerprint density at radius 1 is 1.07 bits per heavy atom. The summed E-state index contributed by atoms with van der Waals surface area (Å²) in [4.78, 5) is 0. The highest BCUT2D eigenvalue weighted by Gasteiger charge is 2.16. The van der Waals surface area contributed by atoms with E-state index in [-0.39, 0.29) is 0 Å². The van der Waals surface area contributed by atoms with Gasteiger partial charge in [0.15, 0.2) is 0 Å². The highest BCUT2D eigenvalue weighted by Crippen LogP contribution is 2.36. The van der Waals surface area contributed by atoms with Gasteiger partial charge in [-0.2, -0.15) is 0 Å². The molecule has 0 aliphatic heterocycles. The summed E-state index contributed by atoms with van der Waals surface area (Å²) < 4.78 is 0. The summed E-state index contributed by atoms with van der Waals surface area (Å²) in [6, 6.07) is 0. The van der Waals surface area contributed by atoms with E-state index >= 15 is 0 Å². The fraction of sp³-hybridized carbons (Fsp3) is 0.429. The second-order valence-corrected chi connectivity index (χ2v) is 4.41. The van der Waals surface area contributed by atoms with Crippen LogP contribution in [0.1, 0.15) is 47.6 Å². The molecule has 1 N–H and O–H groups in total. The van der Waals surface area contributed by atoms with E-state index < -0.39 is 0 Å². The number of hydrogen-bond donors (Lipinski definition) is 1. The topological polar surface area (TPSA) is 20.2 Å². The summed E-state index contributed by atoms with van der Waals surface area (Å²) in [6.07, 6.45) is 1.75. The molecule has 0 aliphatic rings. The number of phenolic OH excluding ortho intramolecular Hbond substituents is 1. The second-order valence-electron chi connectivity index (χ2n) is 4.41. The van der Waals surface area contributed by atoms with Gasteiger partial charge < -0.3 is 5.11 Å². The minimum Gasteiger partial charge on any atom is -0.507 e. The fourth-order valence-electron chi connectivity index (χ4n) is 2.14. The van der Waals surface area contributed by atoms with Gasteiger partial charge in [0.2, 0.25) is 0 Å². The summed E-state index contributed by atoms with van der Waals surface area (Å²) in [5.41, 5.74) is 5.53. The molecule has 0 saturated carbocycles. The molecule has 0 heterocycles. The van der Waals surface area contributed by atoms with E-state index in [2.05, 4.69) is 34.3 Å². The molecule has 0 unspecified atom stereocenters. The van der Waals surface area contributed by atoms with Gasteiger partial charge in [-0.25, -0.2) is 0 Å². The third-order valence-corrected chi connectivity index (χ3v) is 3.21. The number of aromatic hydroxyl groups is 1. The molecule has 82 valence electrons. The molecule has 1 aromatic rings. The lowest BCUT2D eigenvalue weighted by Gasteiger charge is -2.20. The fourth-order valence-corrected chi connectivity index (χ4v) is 2.14. The molecule has 0 amide bonds. The molecule has 0 radical (unpaired) electrons. The van der Waals surface area contributed by atoms with Crippen LogP contribution in [0.5, 0.6) is 5.75 Å². The van der Waals surface area contributed by atoms with Crippen molar-refractivity contribution in [2.75, 3.05) is 0 Å². The van der Waals surface area contributed by atoms with E-state index in [1.165, 1.54) is 16.7 Å². The van der Waals surface area contributed by atoms with Crippen molar-refractivity contribution >= 4 is 6.08 Å². The van der Waals surface area contributed by atoms with Crippen LogP contribution < -0.4 is 0 Å². The maximum atomic E-state index is 10.1. The lowest BCUT2D eigenvalue weighted by atomic mass is 9.86. The van der Waals surface area contributed by atoms with Gasteiger partial charge in [-0.3, -0.25) is 0 Å². The first-order chi connectivity index (χ1) is 6.91. The molecule has 0 aliphatic carbocycles. The molecular weight excluding hydrogens is 184 g/mol.